The van der Waals surface area contributed by atoms with Gasteiger partial charge in [0.15, 0.2) is 18.0 Å². The molecule has 0 saturated heterocycles. The number of benzene rings is 3. The molecule has 4 nitrogen and oxygen atoms in total. The monoisotopic (exact) mass is 789 g/mol. The fourth-order valence-electron chi connectivity index (χ4n) is 9.53. The number of hydrogen-bond donors (Lipinski definition) is 0. The molecule has 0 amide bonds. The Bertz CT molecular complexity index is 2820. The second-order valence-corrected chi connectivity index (χ2v) is 24.2. The van der Waals surface area contributed by atoms with Crippen molar-refractivity contribution in [3.63, 3.8) is 0 Å². The molecule has 0 radical (unpaired) electrons. The van der Waals surface area contributed by atoms with Crippen molar-refractivity contribution in [2.45, 2.75) is 97.8 Å². The number of pyridine rings is 3. The number of rotatable bonds is 4. The van der Waals surface area contributed by atoms with Crippen LogP contribution < -0.4 is 14.3 Å². The third-order valence-corrected chi connectivity index (χ3v) is 14.6. The molecular weight excluding hydrogens is 737 g/mol. The van der Waals surface area contributed by atoms with Crippen LogP contribution in [0, 0.1) is 24.5 Å². The molecule has 0 saturated carbocycles. The summed E-state index contributed by atoms with van der Waals surface area (Å²) < 4.78 is 41.1. The minimum Gasteiger partial charge on any atom is -0.437 e. The molecule has 0 spiro atoms. The highest BCUT2D eigenvalue weighted by molar-refractivity contribution is 6.89. The molecule has 2 unspecified atom stereocenters. The van der Waals surface area contributed by atoms with E-state index in [-0.39, 0.29) is 22.9 Å². The predicted molar refractivity (Wildman–Crippen MR) is 235 cm³/mol. The van der Waals surface area contributed by atoms with Crippen LogP contribution in [0.3, 0.4) is 0 Å². The summed E-state index contributed by atoms with van der Waals surface area (Å²) in [7, 11) is -1.75. The van der Waals surface area contributed by atoms with Gasteiger partial charge in [-0.1, -0.05) is 84.6 Å². The summed E-state index contributed by atoms with van der Waals surface area (Å²) in [6.45, 7) is 25.3. The van der Waals surface area contributed by atoms with E-state index in [9.17, 15) is 8.78 Å². The van der Waals surface area contributed by atoms with Crippen LogP contribution in [0.25, 0.3) is 61.5 Å². The lowest BCUT2D eigenvalue weighted by atomic mass is 9.78. The van der Waals surface area contributed by atoms with Crippen molar-refractivity contribution >= 4 is 41.0 Å². The fourth-order valence-corrected chi connectivity index (χ4v) is 11.2. The van der Waals surface area contributed by atoms with Gasteiger partial charge in [-0.25, -0.2) is 13.8 Å². The minimum absolute atomic E-state index is 0.00642. The average Bonchev–Trinajstić information content (AvgIpc) is 3.56. The van der Waals surface area contributed by atoms with Crippen molar-refractivity contribution < 1.29 is 22.3 Å². The molecule has 0 N–H and O–H groups in total. The first-order valence-corrected chi connectivity index (χ1v) is 24.2. The molecule has 58 heavy (non-hydrogen) atoms. The molecule has 3 aromatic carbocycles. The largest absolute Gasteiger partial charge is 0.437 e. The summed E-state index contributed by atoms with van der Waals surface area (Å²) in [4.78, 5) is 4.87. The van der Waals surface area contributed by atoms with Gasteiger partial charge in [-0.2, -0.15) is 9.13 Å². The van der Waals surface area contributed by atoms with Crippen LogP contribution in [0.15, 0.2) is 102 Å². The smallest absolute Gasteiger partial charge is 0.249 e. The van der Waals surface area contributed by atoms with Gasteiger partial charge in [0.2, 0.25) is 28.8 Å². The second kappa shape index (κ2) is 13.7. The van der Waals surface area contributed by atoms with Gasteiger partial charge in [0.05, 0.1) is 25.2 Å². The Hall–Kier alpha value is -5.27. The highest BCUT2D eigenvalue weighted by atomic mass is 28.3. The Balaban J connectivity index is 1.30. The van der Waals surface area contributed by atoms with Crippen molar-refractivity contribution in [2.75, 3.05) is 0 Å². The van der Waals surface area contributed by atoms with Crippen LogP contribution >= 0.6 is 0 Å². The Morgan fingerprint density at radius 1 is 0.914 bits per heavy atom. The number of aromatic nitrogens is 3. The summed E-state index contributed by atoms with van der Waals surface area (Å²) >= 11 is 0. The zero-order valence-electron chi connectivity index (χ0n) is 35.2. The van der Waals surface area contributed by atoms with E-state index in [1.54, 1.807) is 0 Å². The first-order valence-electron chi connectivity index (χ1n) is 20.7. The van der Waals surface area contributed by atoms with Gasteiger partial charge in [-0.15, -0.1) is 0 Å². The van der Waals surface area contributed by atoms with Crippen LogP contribution in [-0.4, -0.2) is 13.1 Å². The maximum atomic E-state index is 14.7. The Kier molecular flexibility index (Phi) is 9.01. The molecular formula is C51H53F2N3OSi+2. The maximum absolute atomic E-state index is 14.7. The van der Waals surface area contributed by atoms with E-state index >= 15 is 0 Å². The number of fused-ring (bicyclic) bond motifs is 13. The molecule has 2 aliphatic heterocycles. The first-order chi connectivity index (χ1) is 27.5. The summed E-state index contributed by atoms with van der Waals surface area (Å²) in [5.74, 6) is -0.475. The Morgan fingerprint density at radius 3 is 2.34 bits per heavy atom. The lowest BCUT2D eigenvalue weighted by Crippen LogP contribution is -2.57. The third-order valence-electron chi connectivity index (χ3n) is 12.6. The maximum Gasteiger partial charge on any atom is 0.249 e. The standard InChI is InChI=1S/C51H53F2N3OSi/c1-29(2)23-34-26-44-37-14-12-11-13-36(37)38-17-15-32-16-18-39-40-19-20-43(33-24-41(52)30(3)42(53)25-33)54-50(40)57-49(39)47(32)45-27-35(51(5,6)7)21-22-55(45)31(4)48(38)56(44)28-46(34)58(8,9)10/h11-14,16,18-22,24-29,38,48H,4,15,17,23H2,1-3,5-10H3/q+2. The summed E-state index contributed by atoms with van der Waals surface area (Å²) in [5, 5.41) is 3.32. The van der Waals surface area contributed by atoms with Gasteiger partial charge >= 0.3 is 0 Å². The van der Waals surface area contributed by atoms with E-state index in [2.05, 4.69) is 130 Å². The van der Waals surface area contributed by atoms with E-state index in [1.807, 2.05) is 12.1 Å². The molecule has 294 valence electrons. The average molecular weight is 790 g/mol. The Labute approximate surface area is 341 Å². The lowest BCUT2D eigenvalue weighted by molar-refractivity contribution is -0.726. The molecule has 7 heteroatoms. The molecule has 0 aliphatic carbocycles. The van der Waals surface area contributed by atoms with Crippen LogP contribution in [0.5, 0.6) is 0 Å². The quantitative estimate of drug-likeness (QED) is 0.131. The summed E-state index contributed by atoms with van der Waals surface area (Å²) in [6.07, 6.45) is 7.52. The molecule has 2 atom stereocenters. The molecule has 2 aliphatic rings. The molecule has 0 fully saturated rings. The zero-order valence-corrected chi connectivity index (χ0v) is 36.2. The van der Waals surface area contributed by atoms with Gasteiger partial charge in [-0.3, -0.25) is 0 Å². The molecule has 4 aromatic heterocycles. The normalized spacial score (nSPS) is 16.7. The molecule has 0 bridgehead atoms. The minimum atomic E-state index is -1.75. The highest BCUT2D eigenvalue weighted by Crippen LogP contribution is 2.47. The number of allylic oxidation sites excluding steroid dienone is 1. The van der Waals surface area contributed by atoms with E-state index in [4.69, 9.17) is 16.0 Å². The van der Waals surface area contributed by atoms with Gasteiger partial charge < -0.3 is 4.42 Å². The SMILES string of the molecule is C=C1C2C(CCc3ccc4c(oc5nc(-c6cc(F)c(C)c(F)c6)ccc54)c3-c3cc(C(C)(C)C)cc[n+]31)c1ccccc1-c1cc(CC(C)C)c([Si](C)(C)C)c[n+]12. The topological polar surface area (TPSA) is 33.8 Å². The number of aryl methyl sites for hydroxylation is 1. The van der Waals surface area contributed by atoms with E-state index in [1.165, 1.54) is 57.8 Å². The van der Waals surface area contributed by atoms with Crippen LogP contribution in [0.2, 0.25) is 19.6 Å². The highest BCUT2D eigenvalue weighted by Gasteiger charge is 2.48. The number of hydrogen-bond acceptors (Lipinski definition) is 2. The summed E-state index contributed by atoms with van der Waals surface area (Å²) in [5.41, 5.74) is 12.8. The van der Waals surface area contributed by atoms with E-state index in [0.29, 0.717) is 22.9 Å². The van der Waals surface area contributed by atoms with E-state index < -0.39 is 19.7 Å². The van der Waals surface area contributed by atoms with Crippen molar-refractivity contribution in [2.24, 2.45) is 5.92 Å². The summed E-state index contributed by atoms with van der Waals surface area (Å²) in [6, 6.07) is 26.9. The van der Waals surface area contributed by atoms with Crippen LogP contribution in [0.4, 0.5) is 8.78 Å². The fraction of sp³-hybridized carbons (Fsp3) is 0.314. The first kappa shape index (κ1) is 38.3. The van der Waals surface area contributed by atoms with Crippen LogP contribution in [-0.2, 0) is 18.3 Å². The van der Waals surface area contributed by atoms with E-state index in [0.717, 1.165) is 52.6 Å². The molecule has 6 heterocycles. The van der Waals surface area contributed by atoms with Crippen LogP contribution in [0.1, 0.15) is 80.8 Å². The number of furan rings is 1. The Morgan fingerprint density at radius 2 is 1.64 bits per heavy atom. The van der Waals surface area contributed by atoms with Gasteiger partial charge in [0, 0.05) is 50.8 Å². The molecule has 9 rings (SSSR count). The number of halogens is 2. The van der Waals surface area contributed by atoms with Crippen molar-refractivity contribution in [3.05, 3.63) is 137 Å². The lowest BCUT2D eigenvalue weighted by Gasteiger charge is -2.31. The van der Waals surface area contributed by atoms with Crippen molar-refractivity contribution in [1.82, 2.24) is 4.98 Å². The van der Waals surface area contributed by atoms with Gasteiger partial charge in [0.1, 0.15) is 11.6 Å². The van der Waals surface area contributed by atoms with Gasteiger partial charge in [0.25, 0.3) is 0 Å². The second-order valence-electron chi connectivity index (χ2n) is 19.1. The van der Waals surface area contributed by atoms with Gasteiger partial charge in [-0.05, 0) is 96.7 Å². The molecule has 7 aromatic rings. The predicted octanol–water partition coefficient (Wildman–Crippen LogP) is 11.9. The number of nitrogens with zero attached hydrogens (tertiary/aromatic N) is 3. The third kappa shape index (κ3) is 6.24. The zero-order chi connectivity index (χ0) is 41.0. The van der Waals surface area contributed by atoms with Crippen molar-refractivity contribution in [3.8, 4) is 33.8 Å². The van der Waals surface area contributed by atoms with Crippen molar-refractivity contribution in [1.29, 1.82) is 0 Å².